The Labute approximate surface area is 146 Å². The number of carbonyl (C=O) groups is 2. The van der Waals surface area contributed by atoms with Crippen LogP contribution in [0.5, 0.6) is 0 Å². The Bertz CT molecular complexity index is 809. The van der Waals surface area contributed by atoms with E-state index in [1.807, 2.05) is 0 Å². The van der Waals surface area contributed by atoms with Gasteiger partial charge in [0.05, 0.1) is 23.4 Å². The third-order valence-electron chi connectivity index (χ3n) is 4.28. The lowest BCUT2D eigenvalue weighted by Gasteiger charge is -2.31. The van der Waals surface area contributed by atoms with E-state index in [0.29, 0.717) is 32.1 Å². The van der Waals surface area contributed by atoms with Gasteiger partial charge in [-0.3, -0.25) is 14.5 Å². The van der Waals surface area contributed by atoms with E-state index in [4.69, 9.17) is 5.11 Å². The Morgan fingerprint density at radius 3 is 2.35 bits per heavy atom. The molecule has 1 N–H and O–H groups in total. The molecule has 1 saturated heterocycles. The fraction of sp³-hybridized carbons (Fsp3) is 0.375. The predicted octanol–water partition coefficient (Wildman–Crippen LogP) is 2.47. The number of carbonyl (C=O) groups excluding carboxylic acids is 1. The van der Waals surface area contributed by atoms with Crippen LogP contribution >= 0.6 is 0 Å². The van der Waals surface area contributed by atoms with Crippen molar-refractivity contribution in [2.45, 2.75) is 25.1 Å². The van der Waals surface area contributed by atoms with E-state index in [0.717, 1.165) is 12.1 Å². The summed E-state index contributed by atoms with van der Waals surface area (Å²) in [6.07, 6.45) is -0.00322. The highest BCUT2D eigenvalue weighted by Crippen LogP contribution is 2.29. The number of hydrogen-bond acceptors (Lipinski definition) is 4. The molecule has 1 fully saturated rings. The minimum Gasteiger partial charge on any atom is -0.478 e. The van der Waals surface area contributed by atoms with Gasteiger partial charge in [0.25, 0.3) is 5.91 Å². The molecule has 0 unspecified atom stereocenters. The standard InChI is InChI=1S/C16H15F3N4O3/c17-16(18,19)11-1-2-13(20-8-11)14(24)22-5-3-12(4-6-22)23-9-10(7-21-23)15(25)26/h1-2,7-9,12H,3-6H2,(H,25,26). The minimum atomic E-state index is -4.49. The lowest BCUT2D eigenvalue weighted by atomic mass is 10.0. The van der Waals surface area contributed by atoms with Gasteiger partial charge < -0.3 is 10.0 Å². The normalized spacial score (nSPS) is 15.9. The molecule has 2 aromatic rings. The molecule has 26 heavy (non-hydrogen) atoms. The fourth-order valence-corrected chi connectivity index (χ4v) is 2.83. The number of nitrogens with zero attached hydrogens (tertiary/aromatic N) is 4. The smallest absolute Gasteiger partial charge is 0.417 e. The van der Waals surface area contributed by atoms with Gasteiger partial charge in [0, 0.05) is 25.5 Å². The predicted molar refractivity (Wildman–Crippen MR) is 82.6 cm³/mol. The van der Waals surface area contributed by atoms with Crippen molar-refractivity contribution in [1.29, 1.82) is 0 Å². The van der Waals surface area contributed by atoms with Gasteiger partial charge in [-0.2, -0.15) is 18.3 Å². The molecular weight excluding hydrogens is 353 g/mol. The van der Waals surface area contributed by atoms with Crippen molar-refractivity contribution < 1.29 is 27.9 Å². The number of piperidine rings is 1. The number of likely N-dealkylation sites (tertiary alicyclic amines) is 1. The van der Waals surface area contributed by atoms with Crippen molar-refractivity contribution in [2.75, 3.05) is 13.1 Å². The van der Waals surface area contributed by atoms with E-state index in [2.05, 4.69) is 10.1 Å². The van der Waals surface area contributed by atoms with Crippen molar-refractivity contribution in [3.8, 4) is 0 Å². The number of halogens is 3. The molecule has 2 aromatic heterocycles. The van der Waals surface area contributed by atoms with Crippen LogP contribution in [0.1, 0.15) is 45.3 Å². The summed E-state index contributed by atoms with van der Waals surface area (Å²) in [6.45, 7) is 0.767. The Hall–Kier alpha value is -2.91. The Morgan fingerprint density at radius 1 is 1.15 bits per heavy atom. The average Bonchev–Trinajstić information content (AvgIpc) is 3.11. The number of pyridine rings is 1. The Balaban J connectivity index is 1.62. The monoisotopic (exact) mass is 368 g/mol. The quantitative estimate of drug-likeness (QED) is 0.899. The van der Waals surface area contributed by atoms with E-state index in [1.54, 1.807) is 4.68 Å². The van der Waals surface area contributed by atoms with Gasteiger partial charge >= 0.3 is 12.1 Å². The summed E-state index contributed by atoms with van der Waals surface area (Å²) in [6, 6.07) is 1.88. The second-order valence-corrected chi connectivity index (χ2v) is 5.97. The molecule has 0 bridgehead atoms. The molecule has 1 amide bonds. The summed E-state index contributed by atoms with van der Waals surface area (Å²) in [5.74, 6) is -1.49. The molecule has 1 aliphatic rings. The van der Waals surface area contributed by atoms with Crippen LogP contribution in [-0.4, -0.2) is 49.7 Å². The Morgan fingerprint density at radius 2 is 1.85 bits per heavy atom. The van der Waals surface area contributed by atoms with Crippen molar-refractivity contribution in [1.82, 2.24) is 19.7 Å². The highest BCUT2D eigenvalue weighted by Gasteiger charge is 2.31. The highest BCUT2D eigenvalue weighted by molar-refractivity contribution is 5.92. The summed E-state index contributed by atoms with van der Waals surface area (Å²) in [4.78, 5) is 28.4. The topological polar surface area (TPSA) is 88.3 Å². The van der Waals surface area contributed by atoms with Crippen LogP contribution in [0.25, 0.3) is 0 Å². The maximum absolute atomic E-state index is 12.6. The summed E-state index contributed by atoms with van der Waals surface area (Å²) in [7, 11) is 0. The average molecular weight is 368 g/mol. The van der Waals surface area contributed by atoms with Gasteiger partial charge in [0.2, 0.25) is 0 Å². The molecule has 0 radical (unpaired) electrons. The van der Waals surface area contributed by atoms with Crippen molar-refractivity contribution in [3.63, 3.8) is 0 Å². The highest BCUT2D eigenvalue weighted by atomic mass is 19.4. The van der Waals surface area contributed by atoms with Crippen LogP contribution in [0.3, 0.4) is 0 Å². The van der Waals surface area contributed by atoms with Crippen molar-refractivity contribution in [3.05, 3.63) is 47.5 Å². The molecule has 0 aliphatic carbocycles. The number of rotatable bonds is 3. The van der Waals surface area contributed by atoms with Gasteiger partial charge in [0.1, 0.15) is 5.69 Å². The van der Waals surface area contributed by atoms with Crippen LogP contribution in [0.4, 0.5) is 13.2 Å². The second kappa shape index (κ2) is 6.77. The summed E-state index contributed by atoms with van der Waals surface area (Å²) < 4.78 is 39.2. The molecule has 0 saturated carbocycles. The maximum Gasteiger partial charge on any atom is 0.417 e. The zero-order valence-corrected chi connectivity index (χ0v) is 13.5. The van der Waals surface area contributed by atoms with E-state index >= 15 is 0 Å². The van der Waals surface area contributed by atoms with Crippen molar-refractivity contribution >= 4 is 11.9 Å². The molecule has 0 aromatic carbocycles. The van der Waals surface area contributed by atoms with E-state index in [9.17, 15) is 22.8 Å². The zero-order valence-electron chi connectivity index (χ0n) is 13.5. The Kier molecular flexibility index (Phi) is 4.66. The number of carboxylic acids is 1. The molecule has 7 nitrogen and oxygen atoms in total. The lowest BCUT2D eigenvalue weighted by molar-refractivity contribution is -0.137. The summed E-state index contributed by atoms with van der Waals surface area (Å²) in [5, 5.41) is 13.0. The molecule has 3 heterocycles. The zero-order chi connectivity index (χ0) is 18.9. The molecule has 1 aliphatic heterocycles. The first-order valence-electron chi connectivity index (χ1n) is 7.85. The maximum atomic E-state index is 12.6. The lowest BCUT2D eigenvalue weighted by Crippen LogP contribution is -2.39. The second-order valence-electron chi connectivity index (χ2n) is 5.97. The molecule has 3 rings (SSSR count). The third kappa shape index (κ3) is 3.68. The van der Waals surface area contributed by atoms with Crippen LogP contribution in [-0.2, 0) is 6.18 Å². The largest absolute Gasteiger partial charge is 0.478 e. The number of carboxylic acid groups (broad SMARTS) is 1. The molecule has 10 heteroatoms. The minimum absolute atomic E-state index is 0.0345. The first kappa shape index (κ1) is 17.9. The van der Waals surface area contributed by atoms with Gasteiger partial charge in [-0.1, -0.05) is 0 Å². The molecular formula is C16H15F3N4O3. The number of aromatic carboxylic acids is 1. The van der Waals surface area contributed by atoms with Gasteiger partial charge in [0.15, 0.2) is 0 Å². The number of amides is 1. The fourth-order valence-electron chi connectivity index (χ4n) is 2.83. The molecule has 138 valence electrons. The van der Waals surface area contributed by atoms with E-state index in [1.165, 1.54) is 17.3 Å². The van der Waals surface area contributed by atoms with Gasteiger partial charge in [-0.15, -0.1) is 0 Å². The van der Waals surface area contributed by atoms with Gasteiger partial charge in [-0.25, -0.2) is 4.79 Å². The van der Waals surface area contributed by atoms with Crippen LogP contribution in [0, 0.1) is 0 Å². The number of hydrogen-bond donors (Lipinski definition) is 1. The third-order valence-corrected chi connectivity index (χ3v) is 4.28. The summed E-state index contributed by atoms with van der Waals surface area (Å²) in [5.41, 5.74) is -0.846. The number of alkyl halides is 3. The first-order chi connectivity index (χ1) is 12.3. The van der Waals surface area contributed by atoms with Crippen LogP contribution in [0.15, 0.2) is 30.7 Å². The summed E-state index contributed by atoms with van der Waals surface area (Å²) >= 11 is 0. The molecule has 0 atom stereocenters. The van der Waals surface area contributed by atoms with E-state index in [-0.39, 0.29) is 17.3 Å². The number of aromatic nitrogens is 3. The van der Waals surface area contributed by atoms with Gasteiger partial charge in [-0.05, 0) is 25.0 Å². The first-order valence-corrected chi connectivity index (χ1v) is 7.85. The SMILES string of the molecule is O=C(O)c1cnn(C2CCN(C(=O)c3ccc(C(F)(F)F)cn3)CC2)c1. The van der Waals surface area contributed by atoms with E-state index < -0.39 is 23.6 Å². The van der Waals surface area contributed by atoms with Crippen LogP contribution < -0.4 is 0 Å². The molecule has 0 spiro atoms. The van der Waals surface area contributed by atoms with Crippen molar-refractivity contribution in [2.24, 2.45) is 0 Å². The van der Waals surface area contributed by atoms with Crippen LogP contribution in [0.2, 0.25) is 0 Å².